The SMILES string of the molecule is CCC1SCC(NC)C1NC. The van der Waals surface area contributed by atoms with Gasteiger partial charge in [0.25, 0.3) is 0 Å². The van der Waals surface area contributed by atoms with Crippen molar-refractivity contribution < 1.29 is 0 Å². The van der Waals surface area contributed by atoms with Crippen LogP contribution in [-0.2, 0) is 0 Å². The van der Waals surface area contributed by atoms with Gasteiger partial charge in [-0.1, -0.05) is 6.92 Å². The largest absolute Gasteiger partial charge is 0.315 e. The lowest BCUT2D eigenvalue weighted by Gasteiger charge is -2.21. The Morgan fingerprint density at radius 3 is 2.55 bits per heavy atom. The average Bonchev–Trinajstić information content (AvgIpc) is 2.45. The van der Waals surface area contributed by atoms with Crippen molar-refractivity contribution in [3.8, 4) is 0 Å². The standard InChI is InChI=1S/C8H18N2S/c1-4-7-8(10-3)6(9-2)5-11-7/h6-10H,4-5H2,1-3H3. The van der Waals surface area contributed by atoms with Crippen LogP contribution in [0, 0.1) is 0 Å². The summed E-state index contributed by atoms with van der Waals surface area (Å²) in [7, 11) is 4.11. The zero-order valence-electron chi connectivity index (χ0n) is 7.55. The molecule has 0 aromatic heterocycles. The van der Waals surface area contributed by atoms with Gasteiger partial charge in [0.1, 0.15) is 0 Å². The Kier molecular flexibility index (Phi) is 3.69. The third kappa shape index (κ3) is 1.89. The van der Waals surface area contributed by atoms with Crippen LogP contribution < -0.4 is 10.6 Å². The lowest BCUT2D eigenvalue weighted by molar-refractivity contribution is 0.440. The third-order valence-corrected chi connectivity index (χ3v) is 4.04. The number of hydrogen-bond acceptors (Lipinski definition) is 3. The second-order valence-corrected chi connectivity index (χ2v) is 4.26. The van der Waals surface area contributed by atoms with E-state index in [1.54, 1.807) is 0 Å². The molecule has 0 amide bonds. The fourth-order valence-electron chi connectivity index (χ4n) is 1.72. The molecule has 0 aromatic carbocycles. The maximum Gasteiger partial charge on any atom is 0.0345 e. The van der Waals surface area contributed by atoms with E-state index >= 15 is 0 Å². The summed E-state index contributed by atoms with van der Waals surface area (Å²) in [5.74, 6) is 1.25. The smallest absolute Gasteiger partial charge is 0.0345 e. The first-order valence-electron chi connectivity index (χ1n) is 4.29. The highest BCUT2D eigenvalue weighted by Gasteiger charge is 2.33. The van der Waals surface area contributed by atoms with Crippen LogP contribution in [-0.4, -0.2) is 37.2 Å². The molecular weight excluding hydrogens is 156 g/mol. The van der Waals surface area contributed by atoms with Crippen molar-refractivity contribution in [3.63, 3.8) is 0 Å². The second kappa shape index (κ2) is 4.33. The molecule has 1 heterocycles. The fourth-order valence-corrected chi connectivity index (χ4v) is 3.31. The highest BCUT2D eigenvalue weighted by atomic mass is 32.2. The summed E-state index contributed by atoms with van der Waals surface area (Å²) in [6, 6.07) is 1.32. The highest BCUT2D eigenvalue weighted by Crippen LogP contribution is 2.28. The van der Waals surface area contributed by atoms with Gasteiger partial charge in [-0.05, 0) is 20.5 Å². The summed E-state index contributed by atoms with van der Waals surface area (Å²) in [5.41, 5.74) is 0. The summed E-state index contributed by atoms with van der Waals surface area (Å²) in [6.07, 6.45) is 1.27. The Morgan fingerprint density at radius 2 is 2.09 bits per heavy atom. The Hall–Kier alpha value is 0.270. The molecule has 3 unspecified atom stereocenters. The van der Waals surface area contributed by atoms with E-state index < -0.39 is 0 Å². The molecule has 11 heavy (non-hydrogen) atoms. The summed E-state index contributed by atoms with van der Waals surface area (Å²) in [4.78, 5) is 0. The molecule has 66 valence electrons. The molecule has 0 bridgehead atoms. The predicted molar refractivity (Wildman–Crippen MR) is 52.2 cm³/mol. The van der Waals surface area contributed by atoms with Crippen molar-refractivity contribution in [1.82, 2.24) is 10.6 Å². The molecule has 0 spiro atoms. The van der Waals surface area contributed by atoms with E-state index in [4.69, 9.17) is 0 Å². The van der Waals surface area contributed by atoms with Crippen LogP contribution in [0.3, 0.4) is 0 Å². The van der Waals surface area contributed by atoms with Crippen molar-refractivity contribution in [2.24, 2.45) is 0 Å². The molecule has 3 atom stereocenters. The molecular formula is C8H18N2S. The minimum Gasteiger partial charge on any atom is -0.315 e. The molecule has 2 nitrogen and oxygen atoms in total. The minimum absolute atomic E-state index is 0.662. The molecule has 3 heteroatoms. The maximum absolute atomic E-state index is 3.38. The second-order valence-electron chi connectivity index (χ2n) is 2.99. The topological polar surface area (TPSA) is 24.1 Å². The van der Waals surface area contributed by atoms with Gasteiger partial charge >= 0.3 is 0 Å². The molecule has 2 N–H and O–H groups in total. The van der Waals surface area contributed by atoms with Crippen LogP contribution in [0.5, 0.6) is 0 Å². The van der Waals surface area contributed by atoms with E-state index in [0.29, 0.717) is 12.1 Å². The molecule has 1 aliphatic heterocycles. The molecule has 1 rings (SSSR count). The van der Waals surface area contributed by atoms with Gasteiger partial charge in [-0.2, -0.15) is 11.8 Å². The van der Waals surface area contributed by atoms with E-state index in [-0.39, 0.29) is 0 Å². The molecule has 1 aliphatic rings. The Bertz CT molecular complexity index is 107. The summed E-state index contributed by atoms with van der Waals surface area (Å²) in [6.45, 7) is 2.26. The number of likely N-dealkylation sites (N-methyl/N-ethyl adjacent to an activating group) is 2. The van der Waals surface area contributed by atoms with Crippen LogP contribution in [0.2, 0.25) is 0 Å². The first-order valence-corrected chi connectivity index (χ1v) is 5.34. The van der Waals surface area contributed by atoms with Crippen molar-refractivity contribution >= 4 is 11.8 Å². The predicted octanol–water partition coefficient (Wildman–Crippen LogP) is 0.688. The number of thioether (sulfide) groups is 1. The Morgan fingerprint density at radius 1 is 1.36 bits per heavy atom. The molecule has 1 saturated heterocycles. The zero-order valence-corrected chi connectivity index (χ0v) is 8.37. The van der Waals surface area contributed by atoms with Gasteiger partial charge in [0, 0.05) is 23.1 Å². The van der Waals surface area contributed by atoms with Crippen molar-refractivity contribution in [3.05, 3.63) is 0 Å². The summed E-state index contributed by atoms with van der Waals surface area (Å²) < 4.78 is 0. The normalized spacial score (nSPS) is 37.9. The van der Waals surface area contributed by atoms with E-state index in [9.17, 15) is 0 Å². The fraction of sp³-hybridized carbons (Fsp3) is 1.00. The van der Waals surface area contributed by atoms with Crippen molar-refractivity contribution in [2.45, 2.75) is 30.7 Å². The first kappa shape index (κ1) is 9.36. The van der Waals surface area contributed by atoms with Crippen molar-refractivity contribution in [2.75, 3.05) is 19.8 Å². The van der Waals surface area contributed by atoms with Gasteiger partial charge in [0.15, 0.2) is 0 Å². The van der Waals surface area contributed by atoms with Gasteiger partial charge in [0.05, 0.1) is 0 Å². The van der Waals surface area contributed by atoms with Crippen LogP contribution in [0.15, 0.2) is 0 Å². The number of rotatable bonds is 3. The van der Waals surface area contributed by atoms with Gasteiger partial charge in [-0.3, -0.25) is 0 Å². The summed E-state index contributed by atoms with van der Waals surface area (Å²) in [5, 5.41) is 7.53. The van der Waals surface area contributed by atoms with Crippen LogP contribution >= 0.6 is 11.8 Å². The number of hydrogen-bond donors (Lipinski definition) is 2. The Balaban J connectivity index is 2.48. The Labute approximate surface area is 73.5 Å². The lowest BCUT2D eigenvalue weighted by atomic mass is 10.1. The quantitative estimate of drug-likeness (QED) is 0.658. The van der Waals surface area contributed by atoms with Gasteiger partial charge in [0.2, 0.25) is 0 Å². The average molecular weight is 174 g/mol. The van der Waals surface area contributed by atoms with Gasteiger partial charge in [-0.25, -0.2) is 0 Å². The highest BCUT2D eigenvalue weighted by molar-refractivity contribution is 8.00. The van der Waals surface area contributed by atoms with E-state index in [1.165, 1.54) is 12.2 Å². The third-order valence-electron chi connectivity index (χ3n) is 2.43. The molecule has 0 saturated carbocycles. The van der Waals surface area contributed by atoms with Crippen molar-refractivity contribution in [1.29, 1.82) is 0 Å². The molecule has 1 fully saturated rings. The van der Waals surface area contributed by atoms with E-state index in [2.05, 4.69) is 36.4 Å². The monoisotopic (exact) mass is 174 g/mol. The molecule has 0 aromatic rings. The van der Waals surface area contributed by atoms with E-state index in [1.807, 2.05) is 7.05 Å². The van der Waals surface area contributed by atoms with Gasteiger partial charge < -0.3 is 10.6 Å². The molecule has 0 aliphatic carbocycles. The minimum atomic E-state index is 0.662. The first-order chi connectivity index (χ1) is 5.33. The zero-order chi connectivity index (χ0) is 8.27. The van der Waals surface area contributed by atoms with E-state index in [0.717, 1.165) is 5.25 Å². The number of nitrogens with one attached hydrogen (secondary N) is 2. The van der Waals surface area contributed by atoms with Gasteiger partial charge in [-0.15, -0.1) is 0 Å². The van der Waals surface area contributed by atoms with Crippen LogP contribution in [0.25, 0.3) is 0 Å². The summed E-state index contributed by atoms with van der Waals surface area (Å²) >= 11 is 2.08. The van der Waals surface area contributed by atoms with Crippen LogP contribution in [0.4, 0.5) is 0 Å². The molecule has 0 radical (unpaired) electrons. The maximum atomic E-state index is 3.38. The van der Waals surface area contributed by atoms with Crippen LogP contribution in [0.1, 0.15) is 13.3 Å². The lowest BCUT2D eigenvalue weighted by Crippen LogP contribution is -2.47.